The van der Waals surface area contributed by atoms with Crippen molar-refractivity contribution in [1.82, 2.24) is 19.4 Å². The van der Waals surface area contributed by atoms with Crippen LogP contribution < -0.4 is 5.32 Å². The van der Waals surface area contributed by atoms with Crippen LogP contribution in [0, 0.1) is 11.3 Å². The standard InChI is InChI=1S/C26H27N5O4S/c1-30(2)36(33,34)24-12-6-8-19(15-24)25-21(18-31(29-25)22-9-4-3-5-10-22)14-20(16-27)26(32)28-17-23-11-7-13-35-23/h3-6,8-10,12,14-15,18,23H,7,11,13,17H2,1-2H3,(H,28,32)/b20-14+/t23-/m0/s1. The Morgan fingerprint density at radius 2 is 2.03 bits per heavy atom. The third-order valence-electron chi connectivity index (χ3n) is 5.83. The van der Waals surface area contributed by atoms with Crippen LogP contribution in [0.25, 0.3) is 23.0 Å². The second-order valence-corrected chi connectivity index (χ2v) is 10.7. The van der Waals surface area contributed by atoms with Crippen molar-refractivity contribution < 1.29 is 17.9 Å². The molecule has 36 heavy (non-hydrogen) atoms. The molecule has 2 heterocycles. The van der Waals surface area contributed by atoms with Crippen LogP contribution in [0.1, 0.15) is 18.4 Å². The van der Waals surface area contributed by atoms with E-state index in [1.54, 1.807) is 23.0 Å². The maximum atomic E-state index is 12.8. The fourth-order valence-corrected chi connectivity index (χ4v) is 4.80. The second kappa shape index (κ2) is 10.9. The van der Waals surface area contributed by atoms with Crippen molar-refractivity contribution in [2.75, 3.05) is 27.2 Å². The molecule has 1 amide bonds. The van der Waals surface area contributed by atoms with Crippen LogP contribution in [0.2, 0.25) is 0 Å². The molecule has 0 radical (unpaired) electrons. The fraction of sp³-hybridized carbons (Fsp3) is 0.269. The summed E-state index contributed by atoms with van der Waals surface area (Å²) in [5, 5.41) is 17.2. The van der Waals surface area contributed by atoms with Gasteiger partial charge in [0.1, 0.15) is 17.3 Å². The average Bonchev–Trinajstić information content (AvgIpc) is 3.56. The van der Waals surface area contributed by atoms with Gasteiger partial charge in [-0.1, -0.05) is 30.3 Å². The molecule has 10 heteroatoms. The quantitative estimate of drug-likeness (QED) is 0.372. The highest BCUT2D eigenvalue weighted by Gasteiger charge is 2.21. The lowest BCUT2D eigenvalue weighted by Gasteiger charge is -2.12. The zero-order valence-corrected chi connectivity index (χ0v) is 20.9. The third kappa shape index (κ3) is 5.54. The van der Waals surface area contributed by atoms with Crippen molar-refractivity contribution in [3.63, 3.8) is 0 Å². The molecular formula is C26H27N5O4S. The first kappa shape index (κ1) is 25.3. The molecule has 0 unspecified atom stereocenters. The van der Waals surface area contributed by atoms with Gasteiger partial charge in [0.05, 0.1) is 16.7 Å². The van der Waals surface area contributed by atoms with E-state index in [0.29, 0.717) is 30.0 Å². The molecule has 9 nitrogen and oxygen atoms in total. The summed E-state index contributed by atoms with van der Waals surface area (Å²) in [6.45, 7) is 1.00. The van der Waals surface area contributed by atoms with E-state index in [4.69, 9.17) is 4.74 Å². The van der Waals surface area contributed by atoms with Gasteiger partial charge in [-0.05, 0) is 43.2 Å². The van der Waals surface area contributed by atoms with Gasteiger partial charge in [0.25, 0.3) is 5.91 Å². The number of carbonyl (C=O) groups is 1. The SMILES string of the molecule is CN(C)S(=O)(=O)c1cccc(-c2nn(-c3ccccc3)cc2/C=C(\C#N)C(=O)NC[C@@H]2CCCO2)c1. The van der Waals surface area contributed by atoms with Crippen molar-refractivity contribution in [3.05, 3.63) is 71.9 Å². The number of hydrogen-bond donors (Lipinski definition) is 1. The van der Waals surface area contributed by atoms with Crippen molar-refractivity contribution in [2.45, 2.75) is 23.8 Å². The summed E-state index contributed by atoms with van der Waals surface area (Å²) in [5.74, 6) is -0.504. The number of ether oxygens (including phenoxy) is 1. The van der Waals surface area contributed by atoms with Crippen molar-refractivity contribution in [1.29, 1.82) is 5.26 Å². The minimum atomic E-state index is -3.67. The molecule has 0 saturated carbocycles. The highest BCUT2D eigenvalue weighted by molar-refractivity contribution is 7.89. The van der Waals surface area contributed by atoms with Crippen molar-refractivity contribution in [3.8, 4) is 23.0 Å². The molecule has 1 atom stereocenters. The van der Waals surface area contributed by atoms with Gasteiger partial charge in [0.15, 0.2) is 0 Å². The lowest BCUT2D eigenvalue weighted by atomic mass is 10.1. The molecule has 3 aromatic rings. The molecular weight excluding hydrogens is 478 g/mol. The van der Waals surface area contributed by atoms with Gasteiger partial charge in [0.2, 0.25) is 10.0 Å². The Kier molecular flexibility index (Phi) is 7.64. The maximum Gasteiger partial charge on any atom is 0.262 e. The summed E-state index contributed by atoms with van der Waals surface area (Å²) in [6, 6.07) is 17.8. The number of nitrogens with zero attached hydrogens (tertiary/aromatic N) is 4. The number of hydrogen-bond acceptors (Lipinski definition) is 6. The molecule has 1 N–H and O–H groups in total. The monoisotopic (exact) mass is 505 g/mol. The summed E-state index contributed by atoms with van der Waals surface area (Å²) in [7, 11) is -0.733. The Bertz CT molecular complexity index is 1420. The Labute approximate surface area is 210 Å². The zero-order valence-electron chi connectivity index (χ0n) is 20.1. The van der Waals surface area contributed by atoms with E-state index in [1.165, 1.54) is 32.3 Å². The minimum absolute atomic E-state index is 0.0494. The van der Waals surface area contributed by atoms with E-state index in [0.717, 1.165) is 22.8 Å². The molecule has 0 bridgehead atoms. The van der Waals surface area contributed by atoms with Crippen LogP contribution in [0.4, 0.5) is 0 Å². The van der Waals surface area contributed by atoms with Gasteiger partial charge >= 0.3 is 0 Å². The number of aromatic nitrogens is 2. The smallest absolute Gasteiger partial charge is 0.262 e. The lowest BCUT2D eigenvalue weighted by molar-refractivity contribution is -0.117. The molecule has 4 rings (SSSR count). The Morgan fingerprint density at radius 3 is 2.69 bits per heavy atom. The van der Waals surface area contributed by atoms with Crippen LogP contribution in [0.5, 0.6) is 0 Å². The summed E-state index contributed by atoms with van der Waals surface area (Å²) in [6.07, 6.45) is 4.95. The third-order valence-corrected chi connectivity index (χ3v) is 7.64. The topological polar surface area (TPSA) is 117 Å². The number of para-hydroxylation sites is 1. The van der Waals surface area contributed by atoms with E-state index < -0.39 is 15.9 Å². The van der Waals surface area contributed by atoms with Crippen LogP contribution in [-0.4, -0.2) is 61.8 Å². The number of amides is 1. The van der Waals surface area contributed by atoms with E-state index in [-0.39, 0.29) is 16.6 Å². The number of rotatable bonds is 8. The molecule has 2 aromatic carbocycles. The molecule has 1 fully saturated rings. The van der Waals surface area contributed by atoms with Gasteiger partial charge in [-0.2, -0.15) is 10.4 Å². The number of sulfonamides is 1. The maximum absolute atomic E-state index is 12.8. The predicted octanol–water partition coefficient (Wildman–Crippen LogP) is 2.99. The van der Waals surface area contributed by atoms with Gasteiger partial charge in [-0.15, -0.1) is 0 Å². The van der Waals surface area contributed by atoms with Crippen LogP contribution in [-0.2, 0) is 19.6 Å². The highest BCUT2D eigenvalue weighted by Crippen LogP contribution is 2.28. The molecule has 0 aliphatic carbocycles. The number of benzene rings is 2. The van der Waals surface area contributed by atoms with Crippen LogP contribution >= 0.6 is 0 Å². The number of nitrogens with one attached hydrogen (secondary N) is 1. The second-order valence-electron chi connectivity index (χ2n) is 8.54. The van der Waals surface area contributed by atoms with Crippen LogP contribution in [0.3, 0.4) is 0 Å². The Morgan fingerprint density at radius 1 is 1.25 bits per heavy atom. The Balaban J connectivity index is 1.75. The normalized spacial score (nSPS) is 16.2. The number of nitriles is 1. The molecule has 1 aliphatic rings. The predicted molar refractivity (Wildman–Crippen MR) is 135 cm³/mol. The van der Waals surface area contributed by atoms with E-state index in [1.807, 2.05) is 36.4 Å². The van der Waals surface area contributed by atoms with Gasteiger partial charge < -0.3 is 10.1 Å². The van der Waals surface area contributed by atoms with Crippen molar-refractivity contribution >= 4 is 22.0 Å². The van der Waals surface area contributed by atoms with Crippen LogP contribution in [0.15, 0.2) is 71.3 Å². The molecule has 186 valence electrons. The Hall–Kier alpha value is -3.78. The first-order valence-corrected chi connectivity index (χ1v) is 12.9. The zero-order chi connectivity index (χ0) is 25.7. The first-order chi connectivity index (χ1) is 17.3. The largest absolute Gasteiger partial charge is 0.376 e. The number of carbonyl (C=O) groups excluding carboxylic acids is 1. The van der Waals surface area contributed by atoms with Gasteiger partial charge in [0, 0.05) is 44.6 Å². The minimum Gasteiger partial charge on any atom is -0.376 e. The lowest BCUT2D eigenvalue weighted by Crippen LogP contribution is -2.32. The summed E-state index contributed by atoms with van der Waals surface area (Å²) in [5.41, 5.74) is 2.17. The van der Waals surface area contributed by atoms with E-state index in [2.05, 4.69) is 10.4 Å². The first-order valence-electron chi connectivity index (χ1n) is 11.5. The molecule has 0 spiro atoms. The molecule has 1 aliphatic heterocycles. The van der Waals surface area contributed by atoms with Gasteiger partial charge in [-0.3, -0.25) is 4.79 Å². The average molecular weight is 506 g/mol. The van der Waals surface area contributed by atoms with Gasteiger partial charge in [-0.25, -0.2) is 17.4 Å². The van der Waals surface area contributed by atoms with E-state index in [9.17, 15) is 18.5 Å². The fourth-order valence-electron chi connectivity index (χ4n) is 3.86. The highest BCUT2D eigenvalue weighted by atomic mass is 32.2. The summed E-state index contributed by atoms with van der Waals surface area (Å²) >= 11 is 0. The summed E-state index contributed by atoms with van der Waals surface area (Å²) < 4.78 is 33.7. The summed E-state index contributed by atoms with van der Waals surface area (Å²) in [4.78, 5) is 12.9. The molecule has 1 saturated heterocycles. The van der Waals surface area contributed by atoms with Crippen molar-refractivity contribution in [2.24, 2.45) is 0 Å². The van der Waals surface area contributed by atoms with E-state index >= 15 is 0 Å². The molecule has 1 aromatic heterocycles.